The minimum absolute atomic E-state index is 0.0507. The molecule has 98 valence electrons. The first-order valence-corrected chi connectivity index (χ1v) is 6.74. The van der Waals surface area contributed by atoms with Crippen molar-refractivity contribution < 1.29 is 14.6 Å². The molecule has 0 aliphatic heterocycles. The summed E-state index contributed by atoms with van der Waals surface area (Å²) >= 11 is 0. The molecular formula is C15H20O3. The van der Waals surface area contributed by atoms with Crippen molar-refractivity contribution >= 4 is 0 Å². The minimum Gasteiger partial charge on any atom is -0.497 e. The molecule has 0 heterocycles. The summed E-state index contributed by atoms with van der Waals surface area (Å²) in [5, 5.41) is 10.4. The molecule has 1 aromatic rings. The maximum atomic E-state index is 10.4. The van der Waals surface area contributed by atoms with E-state index in [9.17, 15) is 5.11 Å². The Kier molecular flexibility index (Phi) is 3.27. The molecule has 2 aliphatic rings. The molecule has 3 heteroatoms. The zero-order valence-corrected chi connectivity index (χ0v) is 10.8. The molecule has 0 amide bonds. The molecule has 18 heavy (non-hydrogen) atoms. The summed E-state index contributed by atoms with van der Waals surface area (Å²) in [6.45, 7) is 0.807. The fourth-order valence-electron chi connectivity index (χ4n) is 2.58. The van der Waals surface area contributed by atoms with Crippen LogP contribution in [-0.2, 0) is 11.2 Å². The van der Waals surface area contributed by atoms with Gasteiger partial charge in [-0.25, -0.2) is 0 Å². The molecule has 2 unspecified atom stereocenters. The molecule has 1 saturated carbocycles. The van der Waals surface area contributed by atoms with Crippen LogP contribution in [0.1, 0.15) is 36.5 Å². The van der Waals surface area contributed by atoms with Crippen LogP contribution in [0.4, 0.5) is 0 Å². The van der Waals surface area contributed by atoms with E-state index in [-0.39, 0.29) is 6.10 Å². The number of rotatable bonds is 4. The van der Waals surface area contributed by atoms with Crippen LogP contribution in [0, 0.1) is 5.92 Å². The van der Waals surface area contributed by atoms with E-state index in [1.807, 2.05) is 12.1 Å². The van der Waals surface area contributed by atoms with Gasteiger partial charge in [0, 0.05) is 6.61 Å². The van der Waals surface area contributed by atoms with Gasteiger partial charge in [-0.15, -0.1) is 0 Å². The highest BCUT2D eigenvalue weighted by Gasteiger charge is 2.31. The van der Waals surface area contributed by atoms with E-state index < -0.39 is 6.10 Å². The van der Waals surface area contributed by atoms with E-state index in [1.165, 1.54) is 18.4 Å². The molecule has 2 atom stereocenters. The van der Waals surface area contributed by atoms with Gasteiger partial charge in [0.05, 0.1) is 13.2 Å². The van der Waals surface area contributed by atoms with Crippen LogP contribution in [0.25, 0.3) is 0 Å². The Morgan fingerprint density at radius 3 is 2.83 bits per heavy atom. The summed E-state index contributed by atoms with van der Waals surface area (Å²) in [4.78, 5) is 0. The van der Waals surface area contributed by atoms with E-state index in [2.05, 4.69) is 6.07 Å². The highest BCUT2D eigenvalue weighted by molar-refractivity contribution is 5.39. The maximum absolute atomic E-state index is 10.4. The van der Waals surface area contributed by atoms with Crippen LogP contribution >= 0.6 is 0 Å². The fourth-order valence-corrected chi connectivity index (χ4v) is 2.58. The highest BCUT2D eigenvalue weighted by Crippen LogP contribution is 2.36. The smallest absolute Gasteiger partial charge is 0.119 e. The van der Waals surface area contributed by atoms with Gasteiger partial charge < -0.3 is 14.6 Å². The zero-order valence-electron chi connectivity index (χ0n) is 10.8. The second kappa shape index (κ2) is 4.90. The molecule has 3 rings (SSSR count). The maximum Gasteiger partial charge on any atom is 0.119 e. The van der Waals surface area contributed by atoms with Gasteiger partial charge in [0.1, 0.15) is 11.9 Å². The Bertz CT molecular complexity index is 426. The molecule has 0 aromatic heterocycles. The SMILES string of the molecule is COc1ccc2c(c1)C(O)C(OCC1CC1)CC2. The Morgan fingerprint density at radius 2 is 2.11 bits per heavy atom. The van der Waals surface area contributed by atoms with E-state index in [0.29, 0.717) is 0 Å². The van der Waals surface area contributed by atoms with Crippen LogP contribution < -0.4 is 4.74 Å². The van der Waals surface area contributed by atoms with Crippen molar-refractivity contribution in [3.05, 3.63) is 29.3 Å². The van der Waals surface area contributed by atoms with Gasteiger partial charge in [-0.3, -0.25) is 0 Å². The third-order valence-corrected chi connectivity index (χ3v) is 3.96. The average Bonchev–Trinajstić information content (AvgIpc) is 3.22. The van der Waals surface area contributed by atoms with Gasteiger partial charge in [-0.2, -0.15) is 0 Å². The molecule has 2 aliphatic carbocycles. The summed E-state index contributed by atoms with van der Waals surface area (Å²) < 4.78 is 11.1. The number of methoxy groups -OCH3 is 1. The predicted molar refractivity (Wildman–Crippen MR) is 68.7 cm³/mol. The van der Waals surface area contributed by atoms with Crippen molar-refractivity contribution in [2.45, 2.75) is 37.9 Å². The topological polar surface area (TPSA) is 38.7 Å². The Labute approximate surface area is 108 Å². The summed E-state index contributed by atoms with van der Waals surface area (Å²) in [5.74, 6) is 1.54. The number of aryl methyl sites for hydroxylation is 1. The summed E-state index contributed by atoms with van der Waals surface area (Å²) in [6.07, 6.45) is 3.90. The first-order chi connectivity index (χ1) is 8.78. The van der Waals surface area contributed by atoms with Crippen LogP contribution in [-0.4, -0.2) is 24.9 Å². The third-order valence-electron chi connectivity index (χ3n) is 3.96. The molecule has 1 N–H and O–H groups in total. The van der Waals surface area contributed by atoms with Crippen LogP contribution in [0.15, 0.2) is 18.2 Å². The third kappa shape index (κ3) is 2.38. The highest BCUT2D eigenvalue weighted by atomic mass is 16.5. The van der Waals surface area contributed by atoms with Crippen molar-refractivity contribution in [2.24, 2.45) is 5.92 Å². The van der Waals surface area contributed by atoms with Crippen LogP contribution in [0.3, 0.4) is 0 Å². The standard InChI is InChI=1S/C15H20O3/c1-17-12-6-4-11-5-7-14(15(16)13(11)8-12)18-9-10-2-3-10/h4,6,8,10,14-16H,2-3,5,7,9H2,1H3. The molecule has 1 aromatic carbocycles. The van der Waals surface area contributed by atoms with Crippen LogP contribution in [0.5, 0.6) is 5.75 Å². The minimum atomic E-state index is -0.511. The molecular weight excluding hydrogens is 228 g/mol. The van der Waals surface area contributed by atoms with Crippen LogP contribution in [0.2, 0.25) is 0 Å². The van der Waals surface area contributed by atoms with Crippen molar-refractivity contribution in [1.82, 2.24) is 0 Å². The molecule has 1 fully saturated rings. The van der Waals surface area contributed by atoms with Crippen molar-refractivity contribution in [3.63, 3.8) is 0 Å². The van der Waals surface area contributed by atoms with Gasteiger partial charge in [-0.05, 0) is 54.9 Å². The lowest BCUT2D eigenvalue weighted by Gasteiger charge is -2.30. The van der Waals surface area contributed by atoms with Crippen molar-refractivity contribution in [2.75, 3.05) is 13.7 Å². The van der Waals surface area contributed by atoms with Gasteiger partial charge in [0.2, 0.25) is 0 Å². The van der Waals surface area contributed by atoms with Gasteiger partial charge in [0.15, 0.2) is 0 Å². The number of aliphatic hydroxyl groups excluding tert-OH is 1. The first kappa shape index (κ1) is 12.0. The number of fused-ring (bicyclic) bond motifs is 1. The van der Waals surface area contributed by atoms with Gasteiger partial charge >= 0.3 is 0 Å². The van der Waals surface area contributed by atoms with E-state index in [4.69, 9.17) is 9.47 Å². The summed E-state index contributed by atoms with van der Waals surface area (Å²) in [6, 6.07) is 5.94. The van der Waals surface area contributed by atoms with E-state index >= 15 is 0 Å². The number of aliphatic hydroxyl groups is 1. The van der Waals surface area contributed by atoms with E-state index in [1.54, 1.807) is 7.11 Å². The largest absolute Gasteiger partial charge is 0.497 e. The molecule has 0 bridgehead atoms. The Hall–Kier alpha value is -1.06. The summed E-state index contributed by atoms with van der Waals surface area (Å²) in [7, 11) is 1.65. The normalized spacial score (nSPS) is 26.8. The van der Waals surface area contributed by atoms with Crippen molar-refractivity contribution in [3.8, 4) is 5.75 Å². The fraction of sp³-hybridized carbons (Fsp3) is 0.600. The first-order valence-electron chi connectivity index (χ1n) is 6.74. The number of ether oxygens (including phenoxy) is 2. The lowest BCUT2D eigenvalue weighted by Crippen LogP contribution is -2.28. The quantitative estimate of drug-likeness (QED) is 0.889. The second-order valence-corrected chi connectivity index (χ2v) is 5.36. The monoisotopic (exact) mass is 248 g/mol. The molecule has 0 radical (unpaired) electrons. The average molecular weight is 248 g/mol. The zero-order chi connectivity index (χ0) is 12.5. The Morgan fingerprint density at radius 1 is 1.28 bits per heavy atom. The number of hydrogen-bond donors (Lipinski definition) is 1. The van der Waals surface area contributed by atoms with Gasteiger partial charge in [-0.1, -0.05) is 6.07 Å². The lowest BCUT2D eigenvalue weighted by molar-refractivity contribution is -0.0519. The number of benzene rings is 1. The predicted octanol–water partition coefficient (Wildman–Crippen LogP) is 2.47. The van der Waals surface area contributed by atoms with Gasteiger partial charge in [0.25, 0.3) is 0 Å². The summed E-state index contributed by atoms with van der Waals surface area (Å²) in [5.41, 5.74) is 2.19. The van der Waals surface area contributed by atoms with E-state index in [0.717, 1.165) is 36.7 Å². The number of hydrogen-bond acceptors (Lipinski definition) is 3. The molecule has 0 spiro atoms. The molecule has 0 saturated heterocycles. The second-order valence-electron chi connectivity index (χ2n) is 5.36. The lowest BCUT2D eigenvalue weighted by atomic mass is 9.87. The van der Waals surface area contributed by atoms with Crippen molar-refractivity contribution in [1.29, 1.82) is 0 Å². The molecule has 3 nitrogen and oxygen atoms in total. The Balaban J connectivity index is 1.74.